The lowest BCUT2D eigenvalue weighted by Crippen LogP contribution is -2.13. The molecule has 3 aromatic heterocycles. The second-order valence-electron chi connectivity index (χ2n) is 4.18. The van der Waals surface area contributed by atoms with Gasteiger partial charge in [-0.1, -0.05) is 6.07 Å². The van der Waals surface area contributed by atoms with Gasteiger partial charge in [0.2, 0.25) is 0 Å². The molecule has 7 heteroatoms. The number of pyridine rings is 1. The molecule has 1 amide bonds. The van der Waals surface area contributed by atoms with Crippen LogP contribution in [0.25, 0.3) is 11.0 Å². The molecule has 0 aliphatic heterocycles. The molecule has 0 radical (unpaired) electrons. The highest BCUT2D eigenvalue weighted by Crippen LogP contribution is 2.23. The fraction of sp³-hybridized carbons (Fsp3) is 0.167. The third-order valence-electron chi connectivity index (χ3n) is 2.85. The maximum Gasteiger partial charge on any atom is 0.275 e. The van der Waals surface area contributed by atoms with Crippen molar-refractivity contribution in [1.82, 2.24) is 25.0 Å². The SMILES string of the molecule is Cc1nn(C)c2n[nH]c(NC(=O)c3ccccn3)c12. The molecule has 2 N–H and O–H groups in total. The Hall–Kier alpha value is -2.70. The number of anilines is 1. The first kappa shape index (κ1) is 11.4. The molecule has 0 fully saturated rings. The van der Waals surface area contributed by atoms with Gasteiger partial charge < -0.3 is 5.32 Å². The summed E-state index contributed by atoms with van der Waals surface area (Å²) in [6.45, 7) is 1.87. The summed E-state index contributed by atoms with van der Waals surface area (Å²) >= 11 is 0. The molecule has 0 unspecified atom stereocenters. The van der Waals surface area contributed by atoms with Crippen molar-refractivity contribution in [1.29, 1.82) is 0 Å². The Morgan fingerprint density at radius 2 is 2.26 bits per heavy atom. The zero-order valence-corrected chi connectivity index (χ0v) is 10.5. The van der Waals surface area contributed by atoms with Crippen molar-refractivity contribution in [2.24, 2.45) is 7.05 Å². The third-order valence-corrected chi connectivity index (χ3v) is 2.85. The number of nitrogens with zero attached hydrogens (tertiary/aromatic N) is 4. The molecular formula is C12H12N6O. The Balaban J connectivity index is 1.96. The van der Waals surface area contributed by atoms with Gasteiger partial charge in [0.05, 0.1) is 11.1 Å². The highest BCUT2D eigenvalue weighted by atomic mass is 16.1. The zero-order valence-electron chi connectivity index (χ0n) is 10.5. The van der Waals surface area contributed by atoms with Crippen molar-refractivity contribution in [2.45, 2.75) is 6.92 Å². The summed E-state index contributed by atoms with van der Waals surface area (Å²) in [5.41, 5.74) is 1.86. The Morgan fingerprint density at radius 3 is 3.00 bits per heavy atom. The number of aryl methyl sites for hydroxylation is 2. The summed E-state index contributed by atoms with van der Waals surface area (Å²) in [6.07, 6.45) is 1.58. The van der Waals surface area contributed by atoms with Crippen LogP contribution in [-0.4, -0.2) is 30.9 Å². The molecule has 3 rings (SSSR count). The lowest BCUT2D eigenvalue weighted by molar-refractivity contribution is 0.102. The Labute approximate surface area is 108 Å². The molecule has 0 spiro atoms. The van der Waals surface area contributed by atoms with Gasteiger partial charge in [0.15, 0.2) is 5.65 Å². The van der Waals surface area contributed by atoms with Gasteiger partial charge in [0.1, 0.15) is 11.5 Å². The first-order valence-electron chi connectivity index (χ1n) is 5.77. The van der Waals surface area contributed by atoms with Crippen LogP contribution < -0.4 is 5.32 Å². The number of H-pyrrole nitrogens is 1. The van der Waals surface area contributed by atoms with E-state index in [1.807, 2.05) is 6.92 Å². The molecule has 0 aromatic carbocycles. The van der Waals surface area contributed by atoms with E-state index >= 15 is 0 Å². The van der Waals surface area contributed by atoms with E-state index in [1.54, 1.807) is 36.1 Å². The van der Waals surface area contributed by atoms with Crippen LogP contribution >= 0.6 is 0 Å². The van der Waals surface area contributed by atoms with Gasteiger partial charge in [-0.15, -0.1) is 0 Å². The van der Waals surface area contributed by atoms with E-state index in [1.165, 1.54) is 0 Å². The largest absolute Gasteiger partial charge is 0.305 e. The van der Waals surface area contributed by atoms with Crippen molar-refractivity contribution in [3.05, 3.63) is 35.8 Å². The average Bonchev–Trinajstić information content (AvgIpc) is 2.94. The fourth-order valence-corrected chi connectivity index (χ4v) is 2.00. The van der Waals surface area contributed by atoms with Gasteiger partial charge in [-0.05, 0) is 19.1 Å². The molecule has 7 nitrogen and oxygen atoms in total. The molecule has 0 aliphatic carbocycles. The van der Waals surface area contributed by atoms with Crippen LogP contribution in [0.2, 0.25) is 0 Å². The lowest BCUT2D eigenvalue weighted by atomic mass is 10.3. The van der Waals surface area contributed by atoms with Crippen molar-refractivity contribution >= 4 is 22.8 Å². The summed E-state index contributed by atoms with van der Waals surface area (Å²) in [6, 6.07) is 5.18. The first-order chi connectivity index (χ1) is 9.16. The Morgan fingerprint density at radius 1 is 1.42 bits per heavy atom. The number of rotatable bonds is 2. The van der Waals surface area contributed by atoms with E-state index in [9.17, 15) is 4.79 Å². The van der Waals surface area contributed by atoms with E-state index in [4.69, 9.17) is 0 Å². The number of aromatic nitrogens is 5. The van der Waals surface area contributed by atoms with Crippen molar-refractivity contribution in [3.8, 4) is 0 Å². The van der Waals surface area contributed by atoms with E-state index in [0.717, 1.165) is 11.1 Å². The van der Waals surface area contributed by atoms with Crippen LogP contribution in [0, 0.1) is 6.92 Å². The second kappa shape index (κ2) is 4.20. The zero-order chi connectivity index (χ0) is 13.4. The van der Waals surface area contributed by atoms with Gasteiger partial charge in [0, 0.05) is 13.2 Å². The number of hydrogen-bond donors (Lipinski definition) is 2. The number of carbonyl (C=O) groups excluding carboxylic acids is 1. The summed E-state index contributed by atoms with van der Waals surface area (Å²) in [7, 11) is 1.81. The van der Waals surface area contributed by atoms with Crippen LogP contribution in [0.4, 0.5) is 5.82 Å². The molecule has 3 heterocycles. The summed E-state index contributed by atoms with van der Waals surface area (Å²) in [4.78, 5) is 16.0. The van der Waals surface area contributed by atoms with Gasteiger partial charge >= 0.3 is 0 Å². The molecule has 0 atom stereocenters. The number of carbonyl (C=O) groups is 1. The van der Waals surface area contributed by atoms with E-state index in [-0.39, 0.29) is 5.91 Å². The van der Waals surface area contributed by atoms with Crippen molar-refractivity contribution in [3.63, 3.8) is 0 Å². The van der Waals surface area contributed by atoms with Gasteiger partial charge in [-0.3, -0.25) is 14.9 Å². The molecule has 0 saturated carbocycles. The molecule has 3 aromatic rings. The van der Waals surface area contributed by atoms with Crippen LogP contribution in [0.3, 0.4) is 0 Å². The van der Waals surface area contributed by atoms with Crippen LogP contribution in [0.5, 0.6) is 0 Å². The Bertz CT molecular complexity index is 742. The number of amides is 1. The number of nitrogens with one attached hydrogen (secondary N) is 2. The van der Waals surface area contributed by atoms with Gasteiger partial charge in [0.25, 0.3) is 5.91 Å². The van der Waals surface area contributed by atoms with E-state index in [2.05, 4.69) is 25.6 Å². The summed E-state index contributed by atoms with van der Waals surface area (Å²) in [5.74, 6) is 0.255. The second-order valence-corrected chi connectivity index (χ2v) is 4.18. The van der Waals surface area contributed by atoms with Gasteiger partial charge in [-0.2, -0.15) is 10.2 Å². The van der Waals surface area contributed by atoms with E-state index in [0.29, 0.717) is 17.2 Å². The lowest BCUT2D eigenvalue weighted by Gasteiger charge is -2.01. The van der Waals surface area contributed by atoms with Crippen molar-refractivity contribution < 1.29 is 4.79 Å². The summed E-state index contributed by atoms with van der Waals surface area (Å²) in [5, 5.41) is 14.8. The molecule has 19 heavy (non-hydrogen) atoms. The summed E-state index contributed by atoms with van der Waals surface area (Å²) < 4.78 is 1.66. The maximum absolute atomic E-state index is 12.0. The molecular weight excluding hydrogens is 244 g/mol. The average molecular weight is 256 g/mol. The smallest absolute Gasteiger partial charge is 0.275 e. The van der Waals surface area contributed by atoms with E-state index < -0.39 is 0 Å². The number of hydrogen-bond acceptors (Lipinski definition) is 4. The minimum atomic E-state index is -0.283. The third kappa shape index (κ3) is 1.85. The molecule has 0 aliphatic rings. The normalized spacial score (nSPS) is 10.8. The monoisotopic (exact) mass is 256 g/mol. The predicted molar refractivity (Wildman–Crippen MR) is 69.8 cm³/mol. The highest BCUT2D eigenvalue weighted by molar-refractivity contribution is 6.06. The number of aromatic amines is 1. The fourth-order valence-electron chi connectivity index (χ4n) is 2.00. The van der Waals surface area contributed by atoms with Crippen LogP contribution in [0.1, 0.15) is 16.2 Å². The maximum atomic E-state index is 12.0. The topological polar surface area (TPSA) is 88.5 Å². The molecule has 96 valence electrons. The number of fused-ring (bicyclic) bond motifs is 1. The Kier molecular flexibility index (Phi) is 2.52. The minimum Gasteiger partial charge on any atom is -0.305 e. The van der Waals surface area contributed by atoms with Gasteiger partial charge in [-0.25, -0.2) is 4.68 Å². The molecule has 0 saturated heterocycles. The minimum absolute atomic E-state index is 0.283. The van der Waals surface area contributed by atoms with Crippen LogP contribution in [0.15, 0.2) is 24.4 Å². The highest BCUT2D eigenvalue weighted by Gasteiger charge is 2.16. The first-order valence-corrected chi connectivity index (χ1v) is 5.77. The van der Waals surface area contributed by atoms with Crippen molar-refractivity contribution in [2.75, 3.05) is 5.32 Å². The molecule has 0 bridgehead atoms. The van der Waals surface area contributed by atoms with Crippen LogP contribution in [-0.2, 0) is 7.05 Å². The quantitative estimate of drug-likeness (QED) is 0.722. The predicted octanol–water partition coefficient (Wildman–Crippen LogP) is 1.25. The standard InChI is InChI=1S/C12H12N6O/c1-7-9-10(15-16-11(9)18(2)17-7)14-12(19)8-5-3-4-6-13-8/h3-6H,1-2H3,(H2,14,15,16,19).